The minimum Gasteiger partial charge on any atom is -0.391 e. The lowest BCUT2D eigenvalue weighted by atomic mass is 9.92. The summed E-state index contributed by atoms with van der Waals surface area (Å²) < 4.78 is 1.11. The van der Waals surface area contributed by atoms with Crippen molar-refractivity contribution in [3.8, 4) is 0 Å². The Morgan fingerprint density at radius 2 is 2.06 bits per heavy atom. The summed E-state index contributed by atoms with van der Waals surface area (Å²) in [6.45, 7) is 2.07. The monoisotopic (exact) mass is 283 g/mol. The van der Waals surface area contributed by atoms with Crippen molar-refractivity contribution >= 4 is 21.6 Å². The molecule has 1 aliphatic carbocycles. The summed E-state index contributed by atoms with van der Waals surface area (Å²) in [4.78, 5) is 0. The average molecular weight is 284 g/mol. The van der Waals surface area contributed by atoms with Gasteiger partial charge in [0.05, 0.1) is 12.1 Å². The van der Waals surface area contributed by atoms with E-state index in [2.05, 4.69) is 46.4 Å². The molecule has 0 radical (unpaired) electrons. The summed E-state index contributed by atoms with van der Waals surface area (Å²) >= 11 is 3.52. The molecule has 1 aliphatic rings. The summed E-state index contributed by atoms with van der Waals surface area (Å²) in [6, 6.07) is 6.45. The van der Waals surface area contributed by atoms with Crippen LogP contribution in [-0.4, -0.2) is 17.3 Å². The molecular weight excluding hydrogens is 266 g/mol. The average Bonchev–Trinajstić information content (AvgIpc) is 2.27. The Hall–Kier alpha value is -0.540. The second kappa shape index (κ2) is 5.19. The normalized spacial score (nSPS) is 25.4. The molecule has 0 spiro atoms. The zero-order valence-electron chi connectivity index (χ0n) is 9.54. The van der Waals surface area contributed by atoms with E-state index < -0.39 is 0 Å². The second-order valence-corrected chi connectivity index (χ2v) is 5.42. The number of aliphatic hydroxyl groups is 1. The molecular formula is C13H18BrNO. The standard InChI is InChI=1S/C13H18BrNO/c1-9-6-7-10(8-11(9)14)15-12-4-2-3-5-13(12)16/h6-8,12-13,15-16H,2-5H2,1H3. The maximum Gasteiger partial charge on any atom is 0.0741 e. The molecule has 0 amide bonds. The van der Waals surface area contributed by atoms with Crippen LogP contribution in [-0.2, 0) is 0 Å². The van der Waals surface area contributed by atoms with Crippen molar-refractivity contribution in [1.29, 1.82) is 0 Å². The van der Waals surface area contributed by atoms with E-state index in [1.54, 1.807) is 0 Å². The molecule has 3 heteroatoms. The van der Waals surface area contributed by atoms with E-state index in [4.69, 9.17) is 0 Å². The number of aliphatic hydroxyl groups excluding tert-OH is 1. The molecule has 2 unspecified atom stereocenters. The Bertz CT molecular complexity index is 367. The van der Waals surface area contributed by atoms with Crippen LogP contribution in [0.1, 0.15) is 31.2 Å². The maximum atomic E-state index is 9.88. The van der Waals surface area contributed by atoms with Gasteiger partial charge in [0.1, 0.15) is 0 Å². The van der Waals surface area contributed by atoms with Crippen molar-refractivity contribution in [3.63, 3.8) is 0 Å². The summed E-state index contributed by atoms with van der Waals surface area (Å²) in [5.74, 6) is 0. The lowest BCUT2D eigenvalue weighted by Gasteiger charge is -2.29. The minimum absolute atomic E-state index is 0.200. The third kappa shape index (κ3) is 2.77. The van der Waals surface area contributed by atoms with Crippen molar-refractivity contribution in [2.24, 2.45) is 0 Å². The Kier molecular flexibility index (Phi) is 3.87. The van der Waals surface area contributed by atoms with E-state index in [1.807, 2.05) is 0 Å². The topological polar surface area (TPSA) is 32.3 Å². The predicted octanol–water partition coefficient (Wildman–Crippen LogP) is 3.47. The second-order valence-electron chi connectivity index (χ2n) is 4.57. The zero-order chi connectivity index (χ0) is 11.5. The van der Waals surface area contributed by atoms with Gasteiger partial charge >= 0.3 is 0 Å². The van der Waals surface area contributed by atoms with Gasteiger partial charge in [0.15, 0.2) is 0 Å². The SMILES string of the molecule is Cc1ccc(NC2CCCCC2O)cc1Br. The number of hydrogen-bond donors (Lipinski definition) is 2. The molecule has 88 valence electrons. The first-order valence-corrected chi connectivity index (χ1v) is 6.67. The highest BCUT2D eigenvalue weighted by molar-refractivity contribution is 9.10. The number of aryl methyl sites for hydroxylation is 1. The van der Waals surface area contributed by atoms with Crippen LogP contribution in [0.25, 0.3) is 0 Å². The number of benzene rings is 1. The van der Waals surface area contributed by atoms with E-state index in [9.17, 15) is 5.11 Å². The van der Waals surface area contributed by atoms with Gasteiger partial charge in [-0.1, -0.05) is 34.8 Å². The quantitative estimate of drug-likeness (QED) is 0.871. The molecule has 2 atom stereocenters. The molecule has 1 saturated carbocycles. The van der Waals surface area contributed by atoms with Gasteiger partial charge in [-0.3, -0.25) is 0 Å². The van der Waals surface area contributed by atoms with Gasteiger partial charge in [0.2, 0.25) is 0 Å². The highest BCUT2D eigenvalue weighted by Gasteiger charge is 2.22. The van der Waals surface area contributed by atoms with E-state index in [-0.39, 0.29) is 12.1 Å². The number of hydrogen-bond acceptors (Lipinski definition) is 2. The van der Waals surface area contributed by atoms with Gasteiger partial charge in [-0.2, -0.15) is 0 Å². The van der Waals surface area contributed by atoms with E-state index in [0.29, 0.717) is 0 Å². The van der Waals surface area contributed by atoms with Crippen LogP contribution in [0.2, 0.25) is 0 Å². The van der Waals surface area contributed by atoms with E-state index >= 15 is 0 Å². The number of nitrogens with one attached hydrogen (secondary N) is 1. The van der Waals surface area contributed by atoms with Gasteiger partial charge in [0.25, 0.3) is 0 Å². The fourth-order valence-electron chi connectivity index (χ4n) is 2.18. The first-order chi connectivity index (χ1) is 7.66. The van der Waals surface area contributed by atoms with Crippen LogP contribution in [0, 0.1) is 6.92 Å². The van der Waals surface area contributed by atoms with Crippen molar-refractivity contribution in [3.05, 3.63) is 28.2 Å². The molecule has 0 bridgehead atoms. The van der Waals surface area contributed by atoms with Crippen LogP contribution < -0.4 is 5.32 Å². The third-order valence-electron chi connectivity index (χ3n) is 3.25. The molecule has 1 aromatic carbocycles. The molecule has 16 heavy (non-hydrogen) atoms. The smallest absolute Gasteiger partial charge is 0.0741 e. The van der Waals surface area contributed by atoms with Crippen LogP contribution in [0.3, 0.4) is 0 Å². The molecule has 2 N–H and O–H groups in total. The molecule has 1 fully saturated rings. The molecule has 0 aliphatic heterocycles. The zero-order valence-corrected chi connectivity index (χ0v) is 11.1. The van der Waals surface area contributed by atoms with E-state index in [0.717, 1.165) is 29.4 Å². The van der Waals surface area contributed by atoms with Gasteiger partial charge in [-0.25, -0.2) is 0 Å². The lowest BCUT2D eigenvalue weighted by molar-refractivity contribution is 0.116. The summed E-state index contributed by atoms with van der Waals surface area (Å²) in [5.41, 5.74) is 2.32. The van der Waals surface area contributed by atoms with Gasteiger partial charge < -0.3 is 10.4 Å². The minimum atomic E-state index is -0.200. The lowest BCUT2D eigenvalue weighted by Crippen LogP contribution is -2.36. The molecule has 0 saturated heterocycles. The van der Waals surface area contributed by atoms with Crippen molar-refractivity contribution in [2.75, 3.05) is 5.32 Å². The van der Waals surface area contributed by atoms with Crippen LogP contribution in [0.4, 0.5) is 5.69 Å². The molecule has 2 nitrogen and oxygen atoms in total. The predicted molar refractivity (Wildman–Crippen MR) is 70.8 cm³/mol. The first kappa shape index (κ1) is 11.9. The summed E-state index contributed by atoms with van der Waals surface area (Å²) in [7, 11) is 0. The summed E-state index contributed by atoms with van der Waals surface area (Å²) in [6.07, 6.45) is 4.14. The molecule has 2 rings (SSSR count). The first-order valence-electron chi connectivity index (χ1n) is 5.87. The van der Waals surface area contributed by atoms with Gasteiger partial charge in [-0.05, 0) is 37.5 Å². The fourth-order valence-corrected chi connectivity index (χ4v) is 2.56. The molecule has 0 aromatic heterocycles. The largest absolute Gasteiger partial charge is 0.391 e. The summed E-state index contributed by atoms with van der Waals surface area (Å²) in [5, 5.41) is 13.3. The van der Waals surface area contributed by atoms with Gasteiger partial charge in [-0.15, -0.1) is 0 Å². The van der Waals surface area contributed by atoms with Crippen molar-refractivity contribution < 1.29 is 5.11 Å². The van der Waals surface area contributed by atoms with Crippen molar-refractivity contribution in [1.82, 2.24) is 0 Å². The van der Waals surface area contributed by atoms with Gasteiger partial charge in [0, 0.05) is 10.2 Å². The van der Waals surface area contributed by atoms with Crippen LogP contribution >= 0.6 is 15.9 Å². The Balaban J connectivity index is 2.05. The van der Waals surface area contributed by atoms with Crippen LogP contribution in [0.15, 0.2) is 22.7 Å². The highest BCUT2D eigenvalue weighted by Crippen LogP contribution is 2.25. The number of anilines is 1. The number of rotatable bonds is 2. The van der Waals surface area contributed by atoms with Crippen molar-refractivity contribution in [2.45, 2.75) is 44.8 Å². The molecule has 0 heterocycles. The Morgan fingerprint density at radius 3 is 2.75 bits per heavy atom. The van der Waals surface area contributed by atoms with E-state index in [1.165, 1.54) is 12.0 Å². The molecule has 1 aromatic rings. The van der Waals surface area contributed by atoms with Crippen LogP contribution in [0.5, 0.6) is 0 Å². The Labute approximate surface area is 105 Å². The fraction of sp³-hybridized carbons (Fsp3) is 0.538. The maximum absolute atomic E-state index is 9.88. The highest BCUT2D eigenvalue weighted by atomic mass is 79.9. The third-order valence-corrected chi connectivity index (χ3v) is 4.11. The Morgan fingerprint density at radius 1 is 1.31 bits per heavy atom. The number of halogens is 1.